The fourth-order valence-corrected chi connectivity index (χ4v) is 3.20. The lowest BCUT2D eigenvalue weighted by molar-refractivity contribution is -0.306. The molecule has 0 unspecified atom stereocenters. The Bertz CT molecular complexity index is 895. The highest BCUT2D eigenvalue weighted by molar-refractivity contribution is 5.78. The number of carbonyl (C=O) groups excluding carboxylic acids is 4. The third kappa shape index (κ3) is 7.76. The Morgan fingerprint density at radius 1 is 0.750 bits per heavy atom. The Labute approximate surface area is 211 Å². The molecule has 0 N–H and O–H groups in total. The van der Waals surface area contributed by atoms with Crippen LogP contribution in [0.1, 0.15) is 47.1 Å². The average Bonchev–Trinajstić information content (AvgIpc) is 2.84. The zero-order valence-corrected chi connectivity index (χ0v) is 21.8. The van der Waals surface area contributed by atoms with Crippen molar-refractivity contribution in [2.45, 2.75) is 78.9 Å². The topological polar surface area (TPSA) is 124 Å². The van der Waals surface area contributed by atoms with Gasteiger partial charge >= 0.3 is 23.9 Å². The van der Waals surface area contributed by atoms with Gasteiger partial charge in [-0.15, -0.1) is 0 Å². The van der Waals surface area contributed by atoms with E-state index in [2.05, 4.69) is 0 Å². The predicted octanol–water partition coefficient (Wildman–Crippen LogP) is 2.80. The highest BCUT2D eigenvalue weighted by Gasteiger charge is 2.56. The van der Waals surface area contributed by atoms with Gasteiger partial charge < -0.3 is 28.4 Å². The van der Waals surface area contributed by atoms with Gasteiger partial charge in [-0.05, 0) is 5.56 Å². The lowest BCUT2D eigenvalue weighted by Gasteiger charge is -2.44. The molecule has 1 aliphatic heterocycles. The second-order valence-electron chi connectivity index (χ2n) is 9.41. The smallest absolute Gasteiger partial charge is 0.339 e. The number of rotatable bonds is 10. The molecular formula is C26H36O10. The molecule has 1 aromatic carbocycles. The van der Waals surface area contributed by atoms with E-state index in [1.54, 1.807) is 41.5 Å². The molecule has 0 saturated carbocycles. The minimum Gasteiger partial charge on any atom is -0.467 e. The summed E-state index contributed by atoms with van der Waals surface area (Å²) in [7, 11) is 1.15. The van der Waals surface area contributed by atoms with E-state index in [9.17, 15) is 19.2 Å². The Morgan fingerprint density at radius 3 is 1.69 bits per heavy atom. The summed E-state index contributed by atoms with van der Waals surface area (Å²) in [6.07, 6.45) is -7.02. The van der Waals surface area contributed by atoms with E-state index in [1.807, 2.05) is 30.3 Å². The second-order valence-corrected chi connectivity index (χ2v) is 9.41. The first-order valence-corrected chi connectivity index (χ1v) is 12.0. The van der Waals surface area contributed by atoms with Gasteiger partial charge in [0.15, 0.2) is 30.7 Å². The summed E-state index contributed by atoms with van der Waals surface area (Å²) in [5.74, 6) is -4.46. The Hall–Kier alpha value is -2.98. The molecular weight excluding hydrogens is 472 g/mol. The Kier molecular flexibility index (Phi) is 10.9. The standard InChI is InChI=1S/C26H36O10/c1-14(2)22(27)33-18-19(34-23(28)15(3)4)21(35-24(29)16(5)6)26(36-20(18)25(30)31-7)32-13-17-11-9-8-10-12-17/h8-12,14-16,18-21,26H,13H2,1-7H3/t18-,19-,20-,21+,26+/m0/s1. The van der Waals surface area contributed by atoms with Crippen LogP contribution in [0.3, 0.4) is 0 Å². The van der Waals surface area contributed by atoms with Crippen molar-refractivity contribution in [1.29, 1.82) is 0 Å². The van der Waals surface area contributed by atoms with Crippen molar-refractivity contribution in [2.75, 3.05) is 7.11 Å². The number of hydrogen-bond acceptors (Lipinski definition) is 10. The molecule has 5 atom stereocenters. The highest BCUT2D eigenvalue weighted by atomic mass is 16.7. The normalized spacial score (nSPS) is 23.9. The summed E-state index contributed by atoms with van der Waals surface area (Å²) >= 11 is 0. The largest absolute Gasteiger partial charge is 0.467 e. The molecule has 1 saturated heterocycles. The monoisotopic (exact) mass is 508 g/mol. The highest BCUT2D eigenvalue weighted by Crippen LogP contribution is 2.32. The molecule has 1 aromatic rings. The van der Waals surface area contributed by atoms with Crippen LogP contribution >= 0.6 is 0 Å². The van der Waals surface area contributed by atoms with Crippen LogP contribution in [-0.2, 0) is 54.2 Å². The zero-order valence-electron chi connectivity index (χ0n) is 21.8. The van der Waals surface area contributed by atoms with Crippen LogP contribution in [0.5, 0.6) is 0 Å². The van der Waals surface area contributed by atoms with Gasteiger partial charge in [0.05, 0.1) is 31.5 Å². The summed E-state index contributed by atoms with van der Waals surface area (Å²) in [6.45, 7) is 9.76. The molecule has 0 amide bonds. The van der Waals surface area contributed by atoms with Gasteiger partial charge in [0.1, 0.15) is 0 Å². The fraction of sp³-hybridized carbons (Fsp3) is 0.615. The molecule has 200 valence electrons. The second kappa shape index (κ2) is 13.4. The summed E-state index contributed by atoms with van der Waals surface area (Å²) < 4.78 is 33.6. The fourth-order valence-electron chi connectivity index (χ4n) is 3.20. The molecule has 10 heteroatoms. The van der Waals surface area contributed by atoms with E-state index in [-0.39, 0.29) is 6.61 Å². The van der Waals surface area contributed by atoms with Crippen LogP contribution in [-0.4, -0.2) is 61.7 Å². The zero-order chi connectivity index (χ0) is 27.0. The average molecular weight is 509 g/mol. The maximum absolute atomic E-state index is 12.7. The molecule has 0 aliphatic carbocycles. The Balaban J connectivity index is 2.52. The van der Waals surface area contributed by atoms with E-state index in [4.69, 9.17) is 28.4 Å². The maximum Gasteiger partial charge on any atom is 0.339 e. The van der Waals surface area contributed by atoms with Gasteiger partial charge in [0, 0.05) is 0 Å². The van der Waals surface area contributed by atoms with Crippen molar-refractivity contribution in [2.24, 2.45) is 17.8 Å². The van der Waals surface area contributed by atoms with Crippen LogP contribution in [0, 0.1) is 17.8 Å². The summed E-state index contributed by atoms with van der Waals surface area (Å²) in [5, 5.41) is 0. The molecule has 36 heavy (non-hydrogen) atoms. The molecule has 1 heterocycles. The van der Waals surface area contributed by atoms with Crippen molar-refractivity contribution < 1.29 is 47.6 Å². The van der Waals surface area contributed by atoms with Crippen molar-refractivity contribution in [3.8, 4) is 0 Å². The third-order valence-corrected chi connectivity index (χ3v) is 5.36. The van der Waals surface area contributed by atoms with Crippen LogP contribution in [0.25, 0.3) is 0 Å². The number of esters is 4. The van der Waals surface area contributed by atoms with Crippen molar-refractivity contribution in [1.82, 2.24) is 0 Å². The lowest BCUT2D eigenvalue weighted by Crippen LogP contribution is -2.64. The summed E-state index contributed by atoms with van der Waals surface area (Å²) in [5.41, 5.74) is 0.786. The van der Waals surface area contributed by atoms with Gasteiger partial charge in [-0.3, -0.25) is 14.4 Å². The van der Waals surface area contributed by atoms with E-state index in [0.717, 1.165) is 12.7 Å². The van der Waals surface area contributed by atoms with Crippen molar-refractivity contribution in [3.63, 3.8) is 0 Å². The molecule has 1 fully saturated rings. The van der Waals surface area contributed by atoms with Gasteiger partial charge in [0.25, 0.3) is 0 Å². The first-order chi connectivity index (χ1) is 17.0. The van der Waals surface area contributed by atoms with Crippen LogP contribution in [0.15, 0.2) is 30.3 Å². The number of ether oxygens (including phenoxy) is 6. The molecule has 10 nitrogen and oxygen atoms in total. The Morgan fingerprint density at radius 2 is 1.22 bits per heavy atom. The van der Waals surface area contributed by atoms with E-state index >= 15 is 0 Å². The molecule has 0 spiro atoms. The number of hydrogen-bond donors (Lipinski definition) is 0. The number of benzene rings is 1. The van der Waals surface area contributed by atoms with Gasteiger partial charge in [-0.25, -0.2) is 4.79 Å². The van der Waals surface area contributed by atoms with Gasteiger partial charge in [0.2, 0.25) is 0 Å². The number of carbonyl (C=O) groups is 4. The summed E-state index contributed by atoms with van der Waals surface area (Å²) in [6, 6.07) is 9.12. The predicted molar refractivity (Wildman–Crippen MR) is 126 cm³/mol. The first-order valence-electron chi connectivity index (χ1n) is 12.0. The minimum absolute atomic E-state index is 0.0381. The van der Waals surface area contributed by atoms with E-state index in [1.165, 1.54) is 0 Å². The maximum atomic E-state index is 12.7. The van der Waals surface area contributed by atoms with Crippen molar-refractivity contribution in [3.05, 3.63) is 35.9 Å². The van der Waals surface area contributed by atoms with Crippen LogP contribution in [0.2, 0.25) is 0 Å². The molecule has 0 radical (unpaired) electrons. The summed E-state index contributed by atoms with van der Waals surface area (Å²) in [4.78, 5) is 50.6. The first kappa shape index (κ1) is 29.3. The SMILES string of the molecule is COC(=O)[C@H]1O[C@@H](OCc2ccccc2)[C@H](OC(=O)C(C)C)[C@@H](OC(=O)C(C)C)[C@@H]1OC(=O)C(C)C. The molecule has 0 aromatic heterocycles. The lowest BCUT2D eigenvalue weighted by atomic mass is 9.97. The van der Waals surface area contributed by atoms with Crippen LogP contribution in [0.4, 0.5) is 0 Å². The molecule has 2 rings (SSSR count). The third-order valence-electron chi connectivity index (χ3n) is 5.36. The van der Waals surface area contributed by atoms with Crippen molar-refractivity contribution >= 4 is 23.9 Å². The van der Waals surface area contributed by atoms with Crippen LogP contribution < -0.4 is 0 Å². The van der Waals surface area contributed by atoms with Gasteiger partial charge in [-0.2, -0.15) is 0 Å². The van der Waals surface area contributed by atoms with Gasteiger partial charge in [-0.1, -0.05) is 71.9 Å². The molecule has 0 bridgehead atoms. The number of methoxy groups -OCH3 is 1. The minimum atomic E-state index is -1.50. The van der Waals surface area contributed by atoms with E-state index < -0.39 is 72.3 Å². The quantitative estimate of drug-likeness (QED) is 0.344. The van der Waals surface area contributed by atoms with E-state index in [0.29, 0.717) is 0 Å². The molecule has 1 aliphatic rings.